The van der Waals surface area contributed by atoms with Crippen LogP contribution in [0.25, 0.3) is 0 Å². The number of anilines is 1. The van der Waals surface area contributed by atoms with Crippen LogP contribution in [0.2, 0.25) is 0 Å². The topological polar surface area (TPSA) is 75.3 Å². The third kappa shape index (κ3) is 4.79. The van der Waals surface area contributed by atoms with Gasteiger partial charge < -0.3 is 5.32 Å². The summed E-state index contributed by atoms with van der Waals surface area (Å²) in [6, 6.07) is 6.26. The summed E-state index contributed by atoms with van der Waals surface area (Å²) >= 11 is 3.18. The Kier molecular flexibility index (Phi) is 6.00. The minimum Gasteiger partial charge on any atom is -0.325 e. The molecule has 2 N–H and O–H groups in total. The Morgan fingerprint density at radius 1 is 1.18 bits per heavy atom. The Morgan fingerprint density at radius 2 is 1.77 bits per heavy atom. The highest BCUT2D eigenvalue weighted by Crippen LogP contribution is 2.21. The highest BCUT2D eigenvalue weighted by Gasteiger charge is 2.21. The van der Waals surface area contributed by atoms with Crippen LogP contribution in [0.4, 0.5) is 5.69 Å². The molecule has 1 aromatic rings. The molecule has 0 bridgehead atoms. The molecule has 1 aromatic carbocycles. The van der Waals surface area contributed by atoms with E-state index in [0.717, 1.165) is 25.7 Å². The summed E-state index contributed by atoms with van der Waals surface area (Å²) in [4.78, 5) is 11.5. The van der Waals surface area contributed by atoms with E-state index in [1.165, 1.54) is 18.6 Å². The summed E-state index contributed by atoms with van der Waals surface area (Å²) < 4.78 is 27.4. The lowest BCUT2D eigenvalue weighted by molar-refractivity contribution is -0.115. The van der Waals surface area contributed by atoms with Crippen molar-refractivity contribution in [3.63, 3.8) is 0 Å². The van der Waals surface area contributed by atoms with E-state index in [2.05, 4.69) is 26.0 Å². The van der Waals surface area contributed by atoms with Crippen LogP contribution >= 0.6 is 15.9 Å². The van der Waals surface area contributed by atoms with Crippen LogP contribution in [0.1, 0.15) is 39.0 Å². The van der Waals surface area contributed by atoms with Gasteiger partial charge in [0.05, 0.1) is 9.72 Å². The number of alkyl halides is 1. The molecule has 0 spiro atoms. The Balaban J connectivity index is 2.03. The molecular formula is C15H21BrN2O3S. The first-order valence-corrected chi connectivity index (χ1v) is 9.86. The van der Waals surface area contributed by atoms with Crippen molar-refractivity contribution in [1.82, 2.24) is 4.72 Å². The van der Waals surface area contributed by atoms with Gasteiger partial charge >= 0.3 is 0 Å². The molecule has 1 saturated carbocycles. The Hall–Kier alpha value is -0.920. The summed E-state index contributed by atoms with van der Waals surface area (Å²) in [6.45, 7) is 1.72. The fraction of sp³-hybridized carbons (Fsp3) is 0.533. The van der Waals surface area contributed by atoms with E-state index in [4.69, 9.17) is 0 Å². The standard InChI is InChI=1S/C15H21BrN2O3S/c1-11(16)15(19)17-12-7-9-14(10-8-12)22(20,21)18-13-5-3-2-4-6-13/h7-11,13,18H,2-6H2,1H3,(H,17,19)/t11-/m0/s1. The molecule has 1 atom stereocenters. The molecule has 122 valence electrons. The van der Waals surface area contributed by atoms with Crippen molar-refractivity contribution in [1.29, 1.82) is 0 Å². The summed E-state index contributed by atoms with van der Waals surface area (Å²) in [7, 11) is -3.49. The van der Waals surface area contributed by atoms with Crippen LogP contribution in [0.3, 0.4) is 0 Å². The number of benzene rings is 1. The van der Waals surface area contributed by atoms with Gasteiger partial charge in [0.15, 0.2) is 0 Å². The first-order valence-electron chi connectivity index (χ1n) is 7.46. The van der Waals surface area contributed by atoms with Crippen molar-refractivity contribution < 1.29 is 13.2 Å². The maximum Gasteiger partial charge on any atom is 0.240 e. The van der Waals surface area contributed by atoms with E-state index in [1.807, 2.05) is 0 Å². The van der Waals surface area contributed by atoms with Crippen molar-refractivity contribution in [2.45, 2.75) is 54.8 Å². The Labute approximate surface area is 140 Å². The van der Waals surface area contributed by atoms with E-state index >= 15 is 0 Å². The number of carbonyl (C=O) groups excluding carboxylic acids is 1. The highest BCUT2D eigenvalue weighted by molar-refractivity contribution is 9.10. The van der Waals surface area contributed by atoms with E-state index in [0.29, 0.717) is 5.69 Å². The third-order valence-electron chi connectivity index (χ3n) is 3.72. The zero-order valence-corrected chi connectivity index (χ0v) is 14.9. The fourth-order valence-electron chi connectivity index (χ4n) is 2.47. The lowest BCUT2D eigenvalue weighted by atomic mass is 9.96. The van der Waals surface area contributed by atoms with E-state index in [-0.39, 0.29) is 21.7 Å². The van der Waals surface area contributed by atoms with E-state index in [1.54, 1.807) is 19.1 Å². The number of nitrogens with one attached hydrogen (secondary N) is 2. The normalized spacial score (nSPS) is 17.9. The molecule has 7 heteroatoms. The predicted molar refractivity (Wildman–Crippen MR) is 90.7 cm³/mol. The number of hydrogen-bond donors (Lipinski definition) is 2. The largest absolute Gasteiger partial charge is 0.325 e. The molecule has 2 rings (SSSR count). The molecule has 1 aliphatic carbocycles. The minimum absolute atomic E-state index is 0.0346. The maximum absolute atomic E-state index is 12.3. The van der Waals surface area contributed by atoms with Crippen LogP contribution in [0.15, 0.2) is 29.2 Å². The molecule has 1 fully saturated rings. The number of carbonyl (C=O) groups is 1. The van der Waals surface area contributed by atoms with Gasteiger partial charge in [-0.25, -0.2) is 13.1 Å². The van der Waals surface area contributed by atoms with Crippen LogP contribution < -0.4 is 10.0 Å². The number of amides is 1. The van der Waals surface area contributed by atoms with Crippen LogP contribution in [0, 0.1) is 0 Å². The van der Waals surface area contributed by atoms with E-state index in [9.17, 15) is 13.2 Å². The van der Waals surface area contributed by atoms with Crippen molar-refractivity contribution >= 4 is 37.5 Å². The van der Waals surface area contributed by atoms with Crippen molar-refractivity contribution in [3.8, 4) is 0 Å². The summed E-state index contributed by atoms with van der Waals surface area (Å²) in [5.41, 5.74) is 0.577. The number of rotatable bonds is 5. The number of halogens is 1. The van der Waals surface area contributed by atoms with Gasteiger partial charge in [-0.2, -0.15) is 0 Å². The lowest BCUT2D eigenvalue weighted by Gasteiger charge is -2.22. The van der Waals surface area contributed by atoms with Gasteiger partial charge in [0.1, 0.15) is 0 Å². The second-order valence-corrected chi connectivity index (χ2v) is 8.67. The van der Waals surface area contributed by atoms with Gasteiger partial charge in [-0.3, -0.25) is 4.79 Å². The van der Waals surface area contributed by atoms with Crippen molar-refractivity contribution in [2.24, 2.45) is 0 Å². The molecule has 5 nitrogen and oxygen atoms in total. The van der Waals surface area contributed by atoms with Crippen molar-refractivity contribution in [2.75, 3.05) is 5.32 Å². The third-order valence-corrected chi connectivity index (χ3v) is 5.67. The molecule has 0 saturated heterocycles. The smallest absolute Gasteiger partial charge is 0.240 e. The summed E-state index contributed by atoms with van der Waals surface area (Å²) in [5, 5.41) is 2.70. The SMILES string of the molecule is C[C@H](Br)C(=O)Nc1ccc(S(=O)(=O)NC2CCCCC2)cc1. The molecule has 22 heavy (non-hydrogen) atoms. The lowest BCUT2D eigenvalue weighted by Crippen LogP contribution is -2.36. The second kappa shape index (κ2) is 7.57. The van der Waals surface area contributed by atoms with Gasteiger partial charge in [0, 0.05) is 11.7 Å². The van der Waals surface area contributed by atoms with Gasteiger partial charge in [-0.1, -0.05) is 35.2 Å². The van der Waals surface area contributed by atoms with Gasteiger partial charge in [-0.05, 0) is 44.0 Å². The molecule has 0 aromatic heterocycles. The molecule has 0 aliphatic heterocycles. The average Bonchev–Trinajstić information content (AvgIpc) is 2.48. The minimum atomic E-state index is -3.49. The average molecular weight is 389 g/mol. The fourth-order valence-corrected chi connectivity index (χ4v) is 3.89. The molecular weight excluding hydrogens is 368 g/mol. The zero-order valence-electron chi connectivity index (χ0n) is 12.5. The van der Waals surface area contributed by atoms with Crippen LogP contribution in [-0.2, 0) is 14.8 Å². The molecule has 0 radical (unpaired) electrons. The number of sulfonamides is 1. The quantitative estimate of drug-likeness (QED) is 0.761. The Bertz CT molecular complexity index is 608. The first-order chi connectivity index (χ1) is 10.4. The monoisotopic (exact) mass is 388 g/mol. The van der Waals surface area contributed by atoms with Crippen molar-refractivity contribution in [3.05, 3.63) is 24.3 Å². The van der Waals surface area contributed by atoms with E-state index < -0.39 is 10.0 Å². The molecule has 0 unspecified atom stereocenters. The highest BCUT2D eigenvalue weighted by atomic mass is 79.9. The van der Waals surface area contributed by atoms with Gasteiger partial charge in [-0.15, -0.1) is 0 Å². The maximum atomic E-state index is 12.3. The second-order valence-electron chi connectivity index (χ2n) is 5.59. The predicted octanol–water partition coefficient (Wildman–Crippen LogP) is 3.02. The van der Waals surface area contributed by atoms with Gasteiger partial charge in [0.25, 0.3) is 0 Å². The zero-order chi connectivity index (χ0) is 16.2. The summed E-state index contributed by atoms with van der Waals surface area (Å²) in [6.07, 6.45) is 5.12. The Morgan fingerprint density at radius 3 is 2.32 bits per heavy atom. The molecule has 0 heterocycles. The first kappa shape index (κ1) is 17.4. The molecule has 1 amide bonds. The van der Waals surface area contributed by atoms with Crippen LogP contribution in [-0.4, -0.2) is 25.2 Å². The van der Waals surface area contributed by atoms with Gasteiger partial charge in [0.2, 0.25) is 15.9 Å². The molecule has 1 aliphatic rings. The summed E-state index contributed by atoms with van der Waals surface area (Å²) in [5.74, 6) is -0.170. The number of hydrogen-bond acceptors (Lipinski definition) is 3. The van der Waals surface area contributed by atoms with Crippen LogP contribution in [0.5, 0.6) is 0 Å².